The minimum Gasteiger partial charge on any atom is -0.383 e. The van der Waals surface area contributed by atoms with Crippen molar-refractivity contribution in [1.82, 2.24) is 0 Å². The first-order valence-electron chi connectivity index (χ1n) is 6.97. The fraction of sp³-hybridized carbons (Fsp3) is 0.625. The van der Waals surface area contributed by atoms with E-state index < -0.39 is 0 Å². The predicted molar refractivity (Wildman–Crippen MR) is 77.6 cm³/mol. The van der Waals surface area contributed by atoms with Crippen molar-refractivity contribution in [2.45, 2.75) is 59.4 Å². The largest absolute Gasteiger partial charge is 0.383 e. The Bertz CT molecular complexity index is 300. The van der Waals surface area contributed by atoms with Gasteiger partial charge in [0.25, 0.3) is 0 Å². The van der Waals surface area contributed by atoms with E-state index in [0.717, 1.165) is 5.92 Å². The predicted octanol–water partition coefficient (Wildman–Crippen LogP) is 4.88. The number of hydrogen-bond acceptors (Lipinski definition) is 1. The maximum atomic E-state index is 3.57. The van der Waals surface area contributed by atoms with Crippen LogP contribution in [0.1, 0.15) is 52.5 Å². The van der Waals surface area contributed by atoms with E-state index in [1.54, 1.807) is 0 Å². The quantitative estimate of drug-likeness (QED) is 0.708. The number of aryl methyl sites for hydroxylation is 1. The molecule has 0 spiro atoms. The number of hydrogen-bond donors (Lipinski definition) is 1. The lowest BCUT2D eigenvalue weighted by Gasteiger charge is -2.16. The van der Waals surface area contributed by atoms with Crippen LogP contribution in [0.2, 0.25) is 0 Å². The molecule has 0 aliphatic rings. The monoisotopic (exact) mass is 233 g/mol. The minimum absolute atomic E-state index is 0.564. The molecule has 1 nitrogen and oxygen atoms in total. The van der Waals surface area contributed by atoms with E-state index >= 15 is 0 Å². The molecule has 0 amide bonds. The molecule has 17 heavy (non-hydrogen) atoms. The molecular formula is C16H27N. The zero-order valence-corrected chi connectivity index (χ0v) is 11.8. The summed E-state index contributed by atoms with van der Waals surface area (Å²) in [5.74, 6) is 0.797. The first-order chi connectivity index (χ1) is 8.11. The van der Waals surface area contributed by atoms with Crippen LogP contribution in [0.15, 0.2) is 24.3 Å². The third kappa shape index (κ3) is 5.76. The summed E-state index contributed by atoms with van der Waals surface area (Å²) >= 11 is 0. The molecular weight excluding hydrogens is 206 g/mol. The molecule has 1 aromatic carbocycles. The third-order valence-electron chi connectivity index (χ3n) is 3.08. The van der Waals surface area contributed by atoms with Crippen LogP contribution in [0, 0.1) is 5.92 Å². The first-order valence-corrected chi connectivity index (χ1v) is 6.97. The van der Waals surface area contributed by atoms with Crippen molar-refractivity contribution in [3.05, 3.63) is 29.8 Å². The van der Waals surface area contributed by atoms with E-state index in [4.69, 9.17) is 0 Å². The van der Waals surface area contributed by atoms with Crippen LogP contribution in [0.3, 0.4) is 0 Å². The normalized spacial score (nSPS) is 12.8. The molecule has 96 valence electrons. The van der Waals surface area contributed by atoms with E-state index in [2.05, 4.69) is 57.3 Å². The van der Waals surface area contributed by atoms with Crippen LogP contribution in [0.25, 0.3) is 0 Å². The fourth-order valence-corrected chi connectivity index (χ4v) is 2.00. The van der Waals surface area contributed by atoms with Gasteiger partial charge in [-0.25, -0.2) is 0 Å². The van der Waals surface area contributed by atoms with Gasteiger partial charge in [-0.2, -0.15) is 0 Å². The Hall–Kier alpha value is -0.980. The molecule has 0 bridgehead atoms. The van der Waals surface area contributed by atoms with Crippen molar-refractivity contribution >= 4 is 5.69 Å². The van der Waals surface area contributed by atoms with Gasteiger partial charge in [0.1, 0.15) is 0 Å². The zero-order valence-electron chi connectivity index (χ0n) is 11.8. The average molecular weight is 233 g/mol. The van der Waals surface area contributed by atoms with E-state index in [1.807, 2.05) is 0 Å². The van der Waals surface area contributed by atoms with E-state index in [9.17, 15) is 0 Å². The molecule has 0 saturated heterocycles. The van der Waals surface area contributed by atoms with Crippen molar-refractivity contribution in [1.29, 1.82) is 0 Å². The number of nitrogens with one attached hydrogen (secondary N) is 1. The highest BCUT2D eigenvalue weighted by Gasteiger charge is 2.03. The Balaban J connectivity index is 2.40. The summed E-state index contributed by atoms with van der Waals surface area (Å²) in [5, 5.41) is 3.57. The van der Waals surface area contributed by atoms with Crippen LogP contribution in [0.4, 0.5) is 5.69 Å². The maximum Gasteiger partial charge on any atom is 0.0342 e. The zero-order chi connectivity index (χ0) is 12.7. The summed E-state index contributed by atoms with van der Waals surface area (Å²) in [4.78, 5) is 0. The van der Waals surface area contributed by atoms with Gasteiger partial charge in [0.2, 0.25) is 0 Å². The van der Waals surface area contributed by atoms with Crippen molar-refractivity contribution in [2.75, 3.05) is 5.32 Å². The second kappa shape index (κ2) is 7.37. The number of anilines is 1. The van der Waals surface area contributed by atoms with Crippen molar-refractivity contribution in [3.63, 3.8) is 0 Å². The Morgan fingerprint density at radius 1 is 1.00 bits per heavy atom. The van der Waals surface area contributed by atoms with E-state index in [1.165, 1.54) is 36.9 Å². The number of rotatable bonds is 7. The average Bonchev–Trinajstić information content (AvgIpc) is 2.29. The lowest BCUT2D eigenvalue weighted by molar-refractivity contribution is 0.528. The highest BCUT2D eigenvalue weighted by atomic mass is 14.9. The third-order valence-corrected chi connectivity index (χ3v) is 3.08. The van der Waals surface area contributed by atoms with Gasteiger partial charge in [-0.3, -0.25) is 0 Å². The molecule has 1 unspecified atom stereocenters. The second-order valence-corrected chi connectivity index (χ2v) is 5.46. The van der Waals surface area contributed by atoms with Gasteiger partial charge in [-0.15, -0.1) is 0 Å². The molecule has 1 aromatic rings. The van der Waals surface area contributed by atoms with Gasteiger partial charge in [0, 0.05) is 11.7 Å². The lowest BCUT2D eigenvalue weighted by atomic mass is 10.0. The highest BCUT2D eigenvalue weighted by Crippen LogP contribution is 2.15. The van der Waals surface area contributed by atoms with Gasteiger partial charge >= 0.3 is 0 Å². The van der Waals surface area contributed by atoms with Crippen LogP contribution >= 0.6 is 0 Å². The van der Waals surface area contributed by atoms with Gasteiger partial charge in [0.15, 0.2) is 0 Å². The molecule has 0 heterocycles. The summed E-state index contributed by atoms with van der Waals surface area (Å²) in [6.45, 7) is 9.06. The van der Waals surface area contributed by atoms with Gasteiger partial charge in [-0.1, -0.05) is 39.3 Å². The Kier molecular flexibility index (Phi) is 6.10. The lowest BCUT2D eigenvalue weighted by Crippen LogP contribution is -2.15. The molecule has 0 aliphatic carbocycles. The fourth-order valence-electron chi connectivity index (χ4n) is 2.00. The van der Waals surface area contributed by atoms with Crippen LogP contribution in [0.5, 0.6) is 0 Å². The molecule has 0 aromatic heterocycles. The topological polar surface area (TPSA) is 12.0 Å². The summed E-state index contributed by atoms with van der Waals surface area (Å²) < 4.78 is 0. The molecule has 0 radical (unpaired) electrons. The SMILES string of the molecule is CCCc1ccc(NC(C)CCC(C)C)cc1. The van der Waals surface area contributed by atoms with Gasteiger partial charge in [-0.05, 0) is 49.8 Å². The second-order valence-electron chi connectivity index (χ2n) is 5.46. The molecule has 1 heteroatoms. The Morgan fingerprint density at radius 3 is 2.18 bits per heavy atom. The van der Waals surface area contributed by atoms with Crippen molar-refractivity contribution < 1.29 is 0 Å². The number of benzene rings is 1. The molecule has 0 saturated carbocycles. The summed E-state index contributed by atoms with van der Waals surface area (Å²) in [6.07, 6.45) is 4.94. The molecule has 1 N–H and O–H groups in total. The first kappa shape index (κ1) is 14.1. The van der Waals surface area contributed by atoms with Gasteiger partial charge in [0.05, 0.1) is 0 Å². The molecule has 1 rings (SSSR count). The standard InChI is InChI=1S/C16H27N/c1-5-6-15-9-11-16(12-10-15)17-14(4)8-7-13(2)3/h9-14,17H,5-8H2,1-4H3. The van der Waals surface area contributed by atoms with Crippen LogP contribution in [-0.4, -0.2) is 6.04 Å². The Labute approximate surface area is 107 Å². The van der Waals surface area contributed by atoms with Crippen LogP contribution < -0.4 is 5.32 Å². The highest BCUT2D eigenvalue weighted by molar-refractivity contribution is 5.45. The van der Waals surface area contributed by atoms with Crippen molar-refractivity contribution in [2.24, 2.45) is 5.92 Å². The summed E-state index contributed by atoms with van der Waals surface area (Å²) in [6, 6.07) is 9.45. The van der Waals surface area contributed by atoms with Crippen molar-refractivity contribution in [3.8, 4) is 0 Å². The summed E-state index contributed by atoms with van der Waals surface area (Å²) in [5.41, 5.74) is 2.69. The smallest absolute Gasteiger partial charge is 0.0342 e. The molecule has 0 aliphatic heterocycles. The maximum absolute atomic E-state index is 3.57. The van der Waals surface area contributed by atoms with Gasteiger partial charge < -0.3 is 5.32 Å². The minimum atomic E-state index is 0.564. The summed E-state index contributed by atoms with van der Waals surface area (Å²) in [7, 11) is 0. The van der Waals surface area contributed by atoms with E-state index in [-0.39, 0.29) is 0 Å². The molecule has 0 fully saturated rings. The Morgan fingerprint density at radius 2 is 1.65 bits per heavy atom. The van der Waals surface area contributed by atoms with Crippen LogP contribution in [-0.2, 0) is 6.42 Å². The van der Waals surface area contributed by atoms with E-state index in [0.29, 0.717) is 6.04 Å². The molecule has 1 atom stereocenters.